The second-order valence-corrected chi connectivity index (χ2v) is 6.62. The molecule has 1 aliphatic rings. The van der Waals surface area contributed by atoms with Gasteiger partial charge in [0.05, 0.1) is 0 Å². The summed E-state index contributed by atoms with van der Waals surface area (Å²) in [5.74, 6) is 1.63. The van der Waals surface area contributed by atoms with Crippen molar-refractivity contribution in [3.05, 3.63) is 34.9 Å². The minimum atomic E-state index is 0.427. The number of hydrogen-bond acceptors (Lipinski definition) is 1. The van der Waals surface area contributed by atoms with Gasteiger partial charge in [0.2, 0.25) is 0 Å². The van der Waals surface area contributed by atoms with Crippen molar-refractivity contribution in [1.82, 2.24) is 5.32 Å². The van der Waals surface area contributed by atoms with Gasteiger partial charge in [0, 0.05) is 17.1 Å². The molecule has 0 aliphatic heterocycles. The van der Waals surface area contributed by atoms with Crippen LogP contribution in [-0.2, 0) is 0 Å². The number of benzene rings is 1. The number of halogens is 1. The van der Waals surface area contributed by atoms with Gasteiger partial charge in [-0.05, 0) is 48.8 Å². The van der Waals surface area contributed by atoms with Gasteiger partial charge in [-0.25, -0.2) is 0 Å². The summed E-state index contributed by atoms with van der Waals surface area (Å²) in [4.78, 5) is 0. The topological polar surface area (TPSA) is 12.0 Å². The van der Waals surface area contributed by atoms with Crippen molar-refractivity contribution in [3.63, 3.8) is 0 Å². The molecule has 19 heavy (non-hydrogen) atoms. The summed E-state index contributed by atoms with van der Waals surface area (Å²) >= 11 is 6.11. The number of hydrogen-bond donors (Lipinski definition) is 1. The zero-order chi connectivity index (χ0) is 13.8. The molecule has 2 rings (SSSR count). The molecule has 0 amide bonds. The van der Waals surface area contributed by atoms with E-state index in [0.29, 0.717) is 12.1 Å². The van der Waals surface area contributed by atoms with E-state index in [4.69, 9.17) is 11.6 Å². The summed E-state index contributed by atoms with van der Waals surface area (Å²) in [6, 6.07) is 9.35. The highest BCUT2D eigenvalue weighted by Gasteiger charge is 2.27. The average Bonchev–Trinajstić information content (AvgIpc) is 2.39. The molecule has 1 N–H and O–H groups in total. The lowest BCUT2D eigenvalue weighted by atomic mass is 9.79. The standard InChI is InChI=1S/C17H26ClN/c1-4-16(14-6-5-7-15(18)11-14)19-17-10-12(2)8-9-13(17)3/h5-7,11-13,16-17,19H,4,8-10H2,1-3H3. The summed E-state index contributed by atoms with van der Waals surface area (Å²) in [7, 11) is 0. The molecule has 0 saturated heterocycles. The molecule has 0 heterocycles. The Bertz CT molecular complexity index is 404. The Morgan fingerprint density at radius 3 is 2.79 bits per heavy atom. The van der Waals surface area contributed by atoms with Crippen LogP contribution in [0.15, 0.2) is 24.3 Å². The third-order valence-electron chi connectivity index (χ3n) is 4.53. The lowest BCUT2D eigenvalue weighted by Crippen LogP contribution is -2.41. The monoisotopic (exact) mass is 279 g/mol. The van der Waals surface area contributed by atoms with Crippen LogP contribution in [0.5, 0.6) is 0 Å². The van der Waals surface area contributed by atoms with E-state index in [-0.39, 0.29) is 0 Å². The molecule has 4 atom stereocenters. The molecule has 0 aromatic heterocycles. The Hall–Kier alpha value is -0.530. The van der Waals surface area contributed by atoms with Crippen LogP contribution >= 0.6 is 11.6 Å². The van der Waals surface area contributed by atoms with Crippen LogP contribution in [0.4, 0.5) is 0 Å². The molecule has 2 heteroatoms. The lowest BCUT2D eigenvalue weighted by molar-refractivity contribution is 0.211. The highest BCUT2D eigenvalue weighted by molar-refractivity contribution is 6.30. The third kappa shape index (κ3) is 3.97. The number of rotatable bonds is 4. The SMILES string of the molecule is CCC(NC1CC(C)CCC1C)c1cccc(Cl)c1. The third-order valence-corrected chi connectivity index (χ3v) is 4.77. The van der Waals surface area contributed by atoms with Gasteiger partial charge in [-0.3, -0.25) is 0 Å². The fourth-order valence-corrected chi connectivity index (χ4v) is 3.39. The normalized spacial score (nSPS) is 29.2. The van der Waals surface area contributed by atoms with Crippen molar-refractivity contribution in [1.29, 1.82) is 0 Å². The molecule has 0 radical (unpaired) electrons. The minimum Gasteiger partial charge on any atom is -0.307 e. The van der Waals surface area contributed by atoms with E-state index < -0.39 is 0 Å². The smallest absolute Gasteiger partial charge is 0.0409 e. The Morgan fingerprint density at radius 1 is 1.32 bits per heavy atom. The predicted octanol–water partition coefficient (Wildman–Crippen LogP) is 5.21. The molecular formula is C17H26ClN. The first-order valence-corrected chi connectivity index (χ1v) is 7.99. The van der Waals surface area contributed by atoms with Crippen molar-refractivity contribution in [2.24, 2.45) is 11.8 Å². The van der Waals surface area contributed by atoms with Crippen LogP contribution in [0, 0.1) is 11.8 Å². The van der Waals surface area contributed by atoms with Crippen LogP contribution in [-0.4, -0.2) is 6.04 Å². The van der Waals surface area contributed by atoms with E-state index in [2.05, 4.69) is 44.3 Å². The molecule has 1 fully saturated rings. The van der Waals surface area contributed by atoms with Crippen molar-refractivity contribution in [2.75, 3.05) is 0 Å². The predicted molar refractivity (Wildman–Crippen MR) is 83.6 cm³/mol. The van der Waals surface area contributed by atoms with Gasteiger partial charge in [0.25, 0.3) is 0 Å². The first kappa shape index (κ1) is 14.9. The summed E-state index contributed by atoms with van der Waals surface area (Å²) in [5.41, 5.74) is 1.32. The van der Waals surface area contributed by atoms with Gasteiger partial charge < -0.3 is 5.32 Å². The molecule has 1 aliphatic carbocycles. The Morgan fingerprint density at radius 2 is 2.11 bits per heavy atom. The average molecular weight is 280 g/mol. The molecule has 4 unspecified atom stereocenters. The zero-order valence-corrected chi connectivity index (χ0v) is 13.1. The van der Waals surface area contributed by atoms with E-state index in [1.54, 1.807) is 0 Å². The molecule has 1 nitrogen and oxygen atoms in total. The van der Waals surface area contributed by atoms with Gasteiger partial charge in [0.15, 0.2) is 0 Å². The molecule has 1 saturated carbocycles. The maximum Gasteiger partial charge on any atom is 0.0409 e. The second kappa shape index (κ2) is 6.76. The van der Waals surface area contributed by atoms with Crippen LogP contribution in [0.1, 0.15) is 58.1 Å². The van der Waals surface area contributed by atoms with Crippen molar-refractivity contribution in [3.8, 4) is 0 Å². The quantitative estimate of drug-likeness (QED) is 0.798. The highest BCUT2D eigenvalue weighted by atomic mass is 35.5. The zero-order valence-electron chi connectivity index (χ0n) is 12.3. The first-order valence-electron chi connectivity index (χ1n) is 7.61. The van der Waals surface area contributed by atoms with Gasteiger partial charge in [-0.15, -0.1) is 0 Å². The largest absolute Gasteiger partial charge is 0.307 e. The Labute approximate surface area is 122 Å². The fourth-order valence-electron chi connectivity index (χ4n) is 3.20. The van der Waals surface area contributed by atoms with E-state index in [9.17, 15) is 0 Å². The minimum absolute atomic E-state index is 0.427. The summed E-state index contributed by atoms with van der Waals surface area (Å²) in [6.45, 7) is 7.00. The number of nitrogens with one attached hydrogen (secondary N) is 1. The summed E-state index contributed by atoms with van der Waals surface area (Å²) in [5, 5.41) is 4.71. The molecule has 0 bridgehead atoms. The molecule has 1 aromatic carbocycles. The van der Waals surface area contributed by atoms with Crippen molar-refractivity contribution >= 4 is 11.6 Å². The maximum absolute atomic E-state index is 6.11. The van der Waals surface area contributed by atoms with Gasteiger partial charge in [-0.2, -0.15) is 0 Å². The van der Waals surface area contributed by atoms with E-state index in [0.717, 1.165) is 23.3 Å². The lowest BCUT2D eigenvalue weighted by Gasteiger charge is -2.36. The van der Waals surface area contributed by atoms with E-state index >= 15 is 0 Å². The fraction of sp³-hybridized carbons (Fsp3) is 0.647. The molecular weight excluding hydrogens is 254 g/mol. The van der Waals surface area contributed by atoms with E-state index in [1.165, 1.54) is 24.8 Å². The Balaban J connectivity index is 2.06. The summed E-state index contributed by atoms with van der Waals surface area (Å²) in [6.07, 6.45) is 5.15. The van der Waals surface area contributed by atoms with Crippen LogP contribution in [0.25, 0.3) is 0 Å². The summed E-state index contributed by atoms with van der Waals surface area (Å²) < 4.78 is 0. The van der Waals surface area contributed by atoms with Gasteiger partial charge >= 0.3 is 0 Å². The molecule has 1 aromatic rings. The Kier molecular flexibility index (Phi) is 5.29. The van der Waals surface area contributed by atoms with Gasteiger partial charge in [-0.1, -0.05) is 50.9 Å². The van der Waals surface area contributed by atoms with Gasteiger partial charge in [0.1, 0.15) is 0 Å². The second-order valence-electron chi connectivity index (χ2n) is 6.18. The molecule has 0 spiro atoms. The van der Waals surface area contributed by atoms with Crippen molar-refractivity contribution < 1.29 is 0 Å². The highest BCUT2D eigenvalue weighted by Crippen LogP contribution is 2.31. The van der Waals surface area contributed by atoms with Crippen molar-refractivity contribution in [2.45, 2.75) is 58.5 Å². The van der Waals surface area contributed by atoms with Crippen LogP contribution < -0.4 is 5.32 Å². The van der Waals surface area contributed by atoms with Crippen LogP contribution in [0.3, 0.4) is 0 Å². The maximum atomic E-state index is 6.11. The molecule has 106 valence electrons. The van der Waals surface area contributed by atoms with Crippen LogP contribution in [0.2, 0.25) is 5.02 Å². The first-order chi connectivity index (χ1) is 9.10. The van der Waals surface area contributed by atoms with E-state index in [1.807, 2.05) is 6.07 Å².